The predicted octanol–water partition coefficient (Wildman–Crippen LogP) is 6.15. The van der Waals surface area contributed by atoms with Gasteiger partial charge in [0.2, 0.25) is 0 Å². The Hall–Kier alpha value is -1.85. The van der Waals surface area contributed by atoms with Crippen molar-refractivity contribution in [1.29, 1.82) is 0 Å². The van der Waals surface area contributed by atoms with Crippen LogP contribution in [0.2, 0.25) is 10.0 Å². The number of pyridine rings is 1. The van der Waals surface area contributed by atoms with E-state index in [1.165, 1.54) is 0 Å². The molecule has 0 unspecified atom stereocenters. The molecular formula is C19H14Cl2N2OS. The van der Waals surface area contributed by atoms with Crippen molar-refractivity contribution in [3.63, 3.8) is 0 Å². The second kappa shape index (κ2) is 6.15. The molecule has 0 radical (unpaired) electrons. The fraction of sp³-hybridized carbons (Fsp3) is 0.105. The molecule has 0 bridgehead atoms. The van der Waals surface area contributed by atoms with Gasteiger partial charge in [0.1, 0.15) is 10.8 Å². The topological polar surface area (TPSA) is 59.1 Å². The number of aromatic nitrogens is 1. The molecule has 0 spiro atoms. The van der Waals surface area contributed by atoms with E-state index in [4.69, 9.17) is 28.9 Å². The third-order valence-corrected chi connectivity index (χ3v) is 6.02. The zero-order chi connectivity index (χ0) is 17.7. The second-order valence-electron chi connectivity index (χ2n) is 5.94. The number of thiophene rings is 1. The fourth-order valence-electron chi connectivity index (χ4n) is 3.03. The minimum absolute atomic E-state index is 0.0341. The molecule has 2 heterocycles. The van der Waals surface area contributed by atoms with Crippen LogP contribution in [0, 0.1) is 0 Å². The van der Waals surface area contributed by atoms with Gasteiger partial charge in [0.05, 0.1) is 15.2 Å². The first kappa shape index (κ1) is 16.6. The number of phenols is 1. The van der Waals surface area contributed by atoms with Gasteiger partial charge in [0.25, 0.3) is 0 Å². The Balaban J connectivity index is 2.13. The molecule has 3 nitrogen and oxygen atoms in total. The van der Waals surface area contributed by atoms with E-state index >= 15 is 0 Å². The summed E-state index contributed by atoms with van der Waals surface area (Å²) in [6, 6.07) is 9.72. The van der Waals surface area contributed by atoms with Gasteiger partial charge in [-0.2, -0.15) is 0 Å². The van der Waals surface area contributed by atoms with E-state index in [1.807, 2.05) is 42.6 Å². The number of hydrogen-bond acceptors (Lipinski definition) is 4. The summed E-state index contributed by atoms with van der Waals surface area (Å²) in [5.41, 5.74) is 9.01. The van der Waals surface area contributed by atoms with Crippen molar-refractivity contribution in [3.8, 4) is 16.9 Å². The average molecular weight is 389 g/mol. The molecule has 6 heteroatoms. The standard InChI is InChI=1S/C19H14Cl2N2OS/c1-9(22)10-2-4-11(5-3-10)14-15-12-6-7-25-13(12)8-23-18(15)16(20)17(21)19(14)24/h2-9,24H,22H2,1H3/t9-/m1/s1. The van der Waals surface area contributed by atoms with Crippen LogP contribution in [-0.2, 0) is 0 Å². The molecule has 4 rings (SSSR count). The average Bonchev–Trinajstić information content (AvgIpc) is 3.09. The number of fused-ring (bicyclic) bond motifs is 3. The fourth-order valence-corrected chi connectivity index (χ4v) is 4.21. The lowest BCUT2D eigenvalue weighted by atomic mass is 9.95. The molecule has 2 aromatic heterocycles. The zero-order valence-electron chi connectivity index (χ0n) is 13.3. The van der Waals surface area contributed by atoms with Crippen molar-refractivity contribution in [2.75, 3.05) is 0 Å². The van der Waals surface area contributed by atoms with Crippen LogP contribution in [0.5, 0.6) is 5.75 Å². The Kier molecular flexibility index (Phi) is 4.08. The van der Waals surface area contributed by atoms with Crippen molar-refractivity contribution < 1.29 is 5.11 Å². The number of nitrogens with two attached hydrogens (primary N) is 1. The van der Waals surface area contributed by atoms with Crippen LogP contribution >= 0.6 is 34.5 Å². The van der Waals surface area contributed by atoms with E-state index in [1.54, 1.807) is 17.5 Å². The Morgan fingerprint density at radius 1 is 1.12 bits per heavy atom. The van der Waals surface area contributed by atoms with E-state index in [-0.39, 0.29) is 21.8 Å². The van der Waals surface area contributed by atoms with Gasteiger partial charge in [-0.1, -0.05) is 47.5 Å². The molecule has 0 saturated heterocycles. The first-order valence-corrected chi connectivity index (χ1v) is 9.34. The molecule has 25 heavy (non-hydrogen) atoms. The maximum absolute atomic E-state index is 10.7. The molecule has 126 valence electrons. The van der Waals surface area contributed by atoms with Crippen LogP contribution in [0.25, 0.3) is 32.1 Å². The molecule has 0 aliphatic heterocycles. The highest BCUT2D eigenvalue weighted by atomic mass is 35.5. The summed E-state index contributed by atoms with van der Waals surface area (Å²) in [4.78, 5) is 4.48. The summed E-state index contributed by atoms with van der Waals surface area (Å²) in [5, 5.41) is 14.9. The molecule has 4 aromatic rings. The van der Waals surface area contributed by atoms with E-state index in [0.29, 0.717) is 11.1 Å². The van der Waals surface area contributed by atoms with Gasteiger partial charge in [0, 0.05) is 28.6 Å². The lowest BCUT2D eigenvalue weighted by Crippen LogP contribution is -2.04. The number of nitrogens with zero attached hydrogens (tertiary/aromatic N) is 1. The lowest BCUT2D eigenvalue weighted by molar-refractivity contribution is 0.478. The molecule has 0 amide bonds. The van der Waals surface area contributed by atoms with E-state index in [2.05, 4.69) is 4.98 Å². The van der Waals surface area contributed by atoms with Crippen LogP contribution in [0.15, 0.2) is 41.9 Å². The summed E-state index contributed by atoms with van der Waals surface area (Å²) in [5.74, 6) is -0.0341. The molecule has 0 aliphatic rings. The highest BCUT2D eigenvalue weighted by molar-refractivity contribution is 7.17. The van der Waals surface area contributed by atoms with Gasteiger partial charge in [0.15, 0.2) is 0 Å². The normalized spacial score (nSPS) is 12.8. The van der Waals surface area contributed by atoms with Crippen molar-refractivity contribution >= 4 is 55.5 Å². The molecule has 0 aliphatic carbocycles. The van der Waals surface area contributed by atoms with Crippen LogP contribution < -0.4 is 5.73 Å². The SMILES string of the molecule is C[C@@H](N)c1ccc(-c2c(O)c(Cl)c(Cl)c3ncc4sccc4c23)cc1. The second-order valence-corrected chi connectivity index (χ2v) is 7.65. The van der Waals surface area contributed by atoms with Crippen LogP contribution in [0.4, 0.5) is 0 Å². The Morgan fingerprint density at radius 3 is 2.52 bits per heavy atom. The van der Waals surface area contributed by atoms with Crippen molar-refractivity contribution in [2.45, 2.75) is 13.0 Å². The summed E-state index contributed by atoms with van der Waals surface area (Å²) in [6.07, 6.45) is 1.78. The van der Waals surface area contributed by atoms with Crippen LogP contribution in [0.1, 0.15) is 18.5 Å². The van der Waals surface area contributed by atoms with Crippen LogP contribution in [0.3, 0.4) is 0 Å². The predicted molar refractivity (Wildman–Crippen MR) is 107 cm³/mol. The van der Waals surface area contributed by atoms with Gasteiger partial charge in [-0.25, -0.2) is 0 Å². The minimum atomic E-state index is -0.0570. The summed E-state index contributed by atoms with van der Waals surface area (Å²) >= 11 is 14.2. The molecule has 1 atom stereocenters. The highest BCUT2D eigenvalue weighted by Crippen LogP contribution is 2.48. The Morgan fingerprint density at radius 2 is 1.84 bits per heavy atom. The molecule has 0 fully saturated rings. The summed E-state index contributed by atoms with van der Waals surface area (Å²) < 4.78 is 1.03. The van der Waals surface area contributed by atoms with Gasteiger partial charge in [-0.15, -0.1) is 11.3 Å². The first-order valence-electron chi connectivity index (χ1n) is 7.70. The van der Waals surface area contributed by atoms with E-state index in [0.717, 1.165) is 26.6 Å². The van der Waals surface area contributed by atoms with Gasteiger partial charge in [-0.3, -0.25) is 4.98 Å². The number of halogens is 2. The van der Waals surface area contributed by atoms with Gasteiger partial charge in [-0.05, 0) is 29.5 Å². The van der Waals surface area contributed by atoms with Crippen molar-refractivity contribution in [3.05, 3.63) is 57.5 Å². The number of hydrogen-bond donors (Lipinski definition) is 2. The third-order valence-electron chi connectivity index (χ3n) is 4.33. The quantitative estimate of drug-likeness (QED) is 0.432. The number of phenolic OH excluding ortho intramolecular Hbond substituents is 1. The molecule has 2 aromatic carbocycles. The molecule has 3 N–H and O–H groups in total. The van der Waals surface area contributed by atoms with E-state index < -0.39 is 0 Å². The molecular weight excluding hydrogens is 375 g/mol. The Labute approximate surface area is 158 Å². The van der Waals surface area contributed by atoms with Gasteiger partial charge >= 0.3 is 0 Å². The molecule has 0 saturated carbocycles. The maximum atomic E-state index is 10.7. The number of rotatable bonds is 2. The number of benzene rings is 2. The van der Waals surface area contributed by atoms with Crippen LogP contribution in [-0.4, -0.2) is 10.1 Å². The Bertz CT molecular complexity index is 1100. The number of aromatic hydroxyl groups is 1. The smallest absolute Gasteiger partial charge is 0.144 e. The summed E-state index contributed by atoms with van der Waals surface area (Å²) in [7, 11) is 0. The van der Waals surface area contributed by atoms with Crippen molar-refractivity contribution in [1.82, 2.24) is 4.98 Å². The first-order chi connectivity index (χ1) is 12.0. The van der Waals surface area contributed by atoms with Crippen molar-refractivity contribution in [2.24, 2.45) is 5.73 Å². The van der Waals surface area contributed by atoms with Gasteiger partial charge < -0.3 is 10.8 Å². The lowest BCUT2D eigenvalue weighted by Gasteiger charge is -2.14. The zero-order valence-corrected chi connectivity index (χ0v) is 15.6. The maximum Gasteiger partial charge on any atom is 0.144 e. The third kappa shape index (κ3) is 2.57. The highest BCUT2D eigenvalue weighted by Gasteiger charge is 2.21. The summed E-state index contributed by atoms with van der Waals surface area (Å²) in [6.45, 7) is 1.93. The minimum Gasteiger partial charge on any atom is -0.506 e. The monoisotopic (exact) mass is 388 g/mol. The van der Waals surface area contributed by atoms with E-state index in [9.17, 15) is 5.11 Å². The largest absolute Gasteiger partial charge is 0.506 e.